The number of hydrogen-bond donors (Lipinski definition) is 1. The summed E-state index contributed by atoms with van der Waals surface area (Å²) in [6.07, 6.45) is 4.05. The second-order valence-corrected chi connectivity index (χ2v) is 9.84. The van der Waals surface area contributed by atoms with Gasteiger partial charge in [-0.05, 0) is 50.5 Å². The van der Waals surface area contributed by atoms with Crippen molar-refractivity contribution in [1.82, 2.24) is 19.5 Å². The number of aryl methyl sites for hydroxylation is 2. The maximum atomic E-state index is 13.9. The van der Waals surface area contributed by atoms with Crippen LogP contribution in [0.4, 0.5) is 14.5 Å². The molecule has 11 heteroatoms. The van der Waals surface area contributed by atoms with Crippen LogP contribution >= 0.6 is 11.6 Å². The van der Waals surface area contributed by atoms with Crippen molar-refractivity contribution in [2.24, 2.45) is 0 Å². The summed E-state index contributed by atoms with van der Waals surface area (Å²) < 4.78 is 34.1. The molecule has 1 aliphatic heterocycles. The first kappa shape index (κ1) is 24.2. The van der Waals surface area contributed by atoms with Gasteiger partial charge >= 0.3 is 0 Å². The first-order valence-electron chi connectivity index (χ1n) is 11.8. The zero-order valence-corrected chi connectivity index (χ0v) is 21.1. The Morgan fingerprint density at radius 3 is 2.61 bits per heavy atom. The van der Waals surface area contributed by atoms with Crippen LogP contribution in [0.5, 0.6) is 5.75 Å². The molecule has 0 bridgehead atoms. The highest BCUT2D eigenvalue weighted by molar-refractivity contribution is 6.31. The lowest BCUT2D eigenvalue weighted by atomic mass is 10.0. The SMILES string of the molecule is Cc1cnc(-c2ccc3c(n2)C2(CC2)C(=O)N3)cc1-n1c(C)cc(OCc2ncc(F)cc2F)c(Cl)c1=O. The molecule has 38 heavy (non-hydrogen) atoms. The van der Waals surface area contributed by atoms with Crippen LogP contribution in [0.3, 0.4) is 0 Å². The Labute approximate surface area is 220 Å². The average molecular weight is 536 g/mol. The van der Waals surface area contributed by atoms with Crippen molar-refractivity contribution < 1.29 is 18.3 Å². The van der Waals surface area contributed by atoms with Gasteiger partial charge in [-0.1, -0.05) is 11.6 Å². The van der Waals surface area contributed by atoms with E-state index in [0.717, 1.165) is 30.3 Å². The molecular weight excluding hydrogens is 516 g/mol. The molecule has 6 rings (SSSR count). The van der Waals surface area contributed by atoms with Gasteiger partial charge in [0.15, 0.2) is 5.82 Å². The lowest BCUT2D eigenvalue weighted by Gasteiger charge is -2.17. The number of nitrogens with zero attached hydrogens (tertiary/aromatic N) is 4. The van der Waals surface area contributed by atoms with E-state index in [4.69, 9.17) is 21.3 Å². The van der Waals surface area contributed by atoms with E-state index in [2.05, 4.69) is 15.3 Å². The van der Waals surface area contributed by atoms with Crippen molar-refractivity contribution in [1.29, 1.82) is 0 Å². The molecular formula is C27H20ClF2N5O3. The summed E-state index contributed by atoms with van der Waals surface area (Å²) in [5.74, 6) is -1.64. The van der Waals surface area contributed by atoms with Crippen LogP contribution in [0.2, 0.25) is 5.02 Å². The van der Waals surface area contributed by atoms with Gasteiger partial charge in [-0.3, -0.25) is 24.1 Å². The van der Waals surface area contributed by atoms with Crippen LogP contribution in [-0.2, 0) is 16.8 Å². The molecule has 1 fully saturated rings. The van der Waals surface area contributed by atoms with Crippen LogP contribution in [0, 0.1) is 25.5 Å². The van der Waals surface area contributed by atoms with Crippen molar-refractivity contribution in [3.05, 3.63) is 92.4 Å². The van der Waals surface area contributed by atoms with Gasteiger partial charge < -0.3 is 10.1 Å². The average Bonchev–Trinajstić information content (AvgIpc) is 3.64. The number of nitrogens with one attached hydrogen (secondary N) is 1. The molecule has 4 aromatic rings. The first-order valence-corrected chi connectivity index (χ1v) is 12.2. The predicted molar refractivity (Wildman–Crippen MR) is 136 cm³/mol. The number of hydrogen-bond acceptors (Lipinski definition) is 6. The van der Waals surface area contributed by atoms with Crippen LogP contribution in [-0.4, -0.2) is 25.4 Å². The number of carbonyl (C=O) groups excluding carboxylic acids is 1. The van der Waals surface area contributed by atoms with Gasteiger partial charge in [0.1, 0.15) is 28.9 Å². The third-order valence-electron chi connectivity index (χ3n) is 6.91. The Morgan fingerprint density at radius 1 is 1.08 bits per heavy atom. The monoisotopic (exact) mass is 535 g/mol. The summed E-state index contributed by atoms with van der Waals surface area (Å²) in [7, 11) is 0. The number of amides is 1. The highest BCUT2D eigenvalue weighted by Gasteiger charge is 2.57. The summed E-state index contributed by atoms with van der Waals surface area (Å²) in [5, 5.41) is 2.69. The molecule has 192 valence electrons. The standard InChI is InChI=1S/C27H20ClF2N5O3/c1-13-10-31-19(17-3-4-18-24(33-17)27(5-6-27)26(37)34-18)9-21(13)35-14(2)7-22(23(28)25(35)36)38-12-20-16(30)8-15(29)11-32-20/h3-4,7-11H,5-6,12H2,1-2H3,(H,34,37). The number of halogens is 3. The normalized spacial score (nSPS) is 14.9. The topological polar surface area (TPSA) is 99.0 Å². The highest BCUT2D eigenvalue weighted by Crippen LogP contribution is 2.54. The van der Waals surface area contributed by atoms with Crippen molar-refractivity contribution in [2.75, 3.05) is 5.32 Å². The minimum absolute atomic E-state index is 0.0215. The third kappa shape index (κ3) is 3.83. The van der Waals surface area contributed by atoms with E-state index in [0.29, 0.717) is 34.5 Å². The second-order valence-electron chi connectivity index (χ2n) is 9.46. The largest absolute Gasteiger partial charge is 0.485 e. The van der Waals surface area contributed by atoms with E-state index in [1.165, 1.54) is 4.57 Å². The fourth-order valence-corrected chi connectivity index (χ4v) is 4.87. The summed E-state index contributed by atoms with van der Waals surface area (Å²) in [6.45, 7) is 3.19. The first-order chi connectivity index (χ1) is 18.2. The lowest BCUT2D eigenvalue weighted by molar-refractivity contribution is -0.117. The molecule has 1 spiro atoms. The summed E-state index contributed by atoms with van der Waals surface area (Å²) in [4.78, 5) is 38.7. The van der Waals surface area contributed by atoms with Gasteiger partial charge in [-0.15, -0.1) is 0 Å². The molecule has 1 saturated carbocycles. The van der Waals surface area contributed by atoms with E-state index in [1.54, 1.807) is 31.3 Å². The molecule has 0 atom stereocenters. The number of pyridine rings is 4. The Kier molecular flexibility index (Phi) is 5.53. The third-order valence-corrected chi connectivity index (χ3v) is 7.26. The Hall–Kier alpha value is -4.18. The summed E-state index contributed by atoms with van der Waals surface area (Å²) in [5.41, 5.74) is 3.14. The quantitative estimate of drug-likeness (QED) is 0.394. The Morgan fingerprint density at radius 2 is 1.87 bits per heavy atom. The fourth-order valence-electron chi connectivity index (χ4n) is 4.68. The molecule has 0 unspecified atom stereocenters. The van der Waals surface area contributed by atoms with Crippen LogP contribution in [0.25, 0.3) is 17.1 Å². The number of aromatic nitrogens is 4. The number of fused-ring (bicyclic) bond motifs is 2. The van der Waals surface area contributed by atoms with Gasteiger partial charge in [0, 0.05) is 24.0 Å². The fraction of sp³-hybridized carbons (Fsp3) is 0.222. The molecule has 1 amide bonds. The molecule has 5 heterocycles. The second kappa shape index (κ2) is 8.70. The summed E-state index contributed by atoms with van der Waals surface area (Å²) >= 11 is 6.38. The van der Waals surface area contributed by atoms with Gasteiger partial charge in [-0.2, -0.15) is 0 Å². The molecule has 4 aromatic heterocycles. The van der Waals surface area contributed by atoms with Crippen LogP contribution in [0.15, 0.2) is 47.5 Å². The van der Waals surface area contributed by atoms with E-state index in [1.807, 2.05) is 13.0 Å². The smallest absolute Gasteiger partial charge is 0.277 e. The molecule has 1 aliphatic carbocycles. The van der Waals surface area contributed by atoms with E-state index < -0.39 is 22.6 Å². The van der Waals surface area contributed by atoms with Gasteiger partial charge in [0.05, 0.1) is 40.1 Å². The van der Waals surface area contributed by atoms with Gasteiger partial charge in [0.25, 0.3) is 5.56 Å². The highest BCUT2D eigenvalue weighted by atomic mass is 35.5. The van der Waals surface area contributed by atoms with Crippen molar-refractivity contribution in [3.63, 3.8) is 0 Å². The zero-order chi connectivity index (χ0) is 26.8. The maximum Gasteiger partial charge on any atom is 0.277 e. The molecule has 8 nitrogen and oxygen atoms in total. The molecule has 0 aromatic carbocycles. The number of carbonyl (C=O) groups is 1. The molecule has 2 aliphatic rings. The molecule has 1 N–H and O–H groups in total. The minimum atomic E-state index is -0.862. The minimum Gasteiger partial charge on any atom is -0.485 e. The zero-order valence-electron chi connectivity index (χ0n) is 20.3. The van der Waals surface area contributed by atoms with Crippen LogP contribution in [0.1, 0.15) is 35.5 Å². The lowest BCUT2D eigenvalue weighted by Crippen LogP contribution is -2.23. The van der Waals surface area contributed by atoms with Gasteiger partial charge in [0.2, 0.25) is 5.91 Å². The van der Waals surface area contributed by atoms with Crippen LogP contribution < -0.4 is 15.6 Å². The predicted octanol–water partition coefficient (Wildman–Crippen LogP) is 4.80. The number of rotatable bonds is 5. The number of anilines is 1. The Balaban J connectivity index is 1.35. The Bertz CT molecular complexity index is 1720. The van der Waals surface area contributed by atoms with Gasteiger partial charge in [-0.25, -0.2) is 13.8 Å². The van der Waals surface area contributed by atoms with E-state index >= 15 is 0 Å². The maximum absolute atomic E-state index is 13.9. The van der Waals surface area contributed by atoms with Crippen molar-refractivity contribution >= 4 is 23.2 Å². The van der Waals surface area contributed by atoms with E-state index in [9.17, 15) is 18.4 Å². The molecule has 0 saturated heterocycles. The summed E-state index contributed by atoms with van der Waals surface area (Å²) in [6, 6.07) is 7.62. The number of ether oxygens (including phenoxy) is 1. The van der Waals surface area contributed by atoms with Crippen molar-refractivity contribution in [2.45, 2.75) is 38.7 Å². The molecule has 0 radical (unpaired) electrons. The van der Waals surface area contributed by atoms with E-state index in [-0.39, 0.29) is 29.0 Å². The van der Waals surface area contributed by atoms with Crippen molar-refractivity contribution in [3.8, 4) is 22.8 Å².